The maximum Gasteiger partial charge on any atom is 0.273 e. The number of nitrogens with one attached hydrogen (secondary N) is 1. The van der Waals surface area contributed by atoms with Gasteiger partial charge in [-0.2, -0.15) is 0 Å². The highest BCUT2D eigenvalue weighted by Crippen LogP contribution is 2.19. The molecule has 0 unspecified atom stereocenters. The molecule has 6 heteroatoms. The summed E-state index contributed by atoms with van der Waals surface area (Å²) in [6, 6.07) is 18.4. The van der Waals surface area contributed by atoms with Gasteiger partial charge < -0.3 is 14.7 Å². The lowest BCUT2D eigenvalue weighted by Gasteiger charge is -2.21. The van der Waals surface area contributed by atoms with Crippen LogP contribution in [0.5, 0.6) is 0 Å². The third-order valence-corrected chi connectivity index (χ3v) is 4.55. The fourth-order valence-corrected chi connectivity index (χ4v) is 2.60. The van der Waals surface area contributed by atoms with Crippen LogP contribution in [0.25, 0.3) is 11.3 Å². The maximum absolute atomic E-state index is 12.3. The number of aromatic nitrogens is 1. The normalized spacial score (nSPS) is 10.7. The Morgan fingerprint density at radius 2 is 1.75 bits per heavy atom. The van der Waals surface area contributed by atoms with Gasteiger partial charge in [0.05, 0.1) is 0 Å². The van der Waals surface area contributed by atoms with Crippen molar-refractivity contribution in [3.63, 3.8) is 0 Å². The number of nitrogens with zero attached hydrogens (tertiary/aromatic N) is 2. The van der Waals surface area contributed by atoms with Gasteiger partial charge in [-0.15, -0.1) is 0 Å². The highest BCUT2D eigenvalue weighted by Gasteiger charge is 2.15. The van der Waals surface area contributed by atoms with Crippen molar-refractivity contribution in [2.45, 2.75) is 26.4 Å². The quantitative estimate of drug-likeness (QED) is 0.710. The van der Waals surface area contributed by atoms with Crippen molar-refractivity contribution in [2.75, 3.05) is 7.05 Å². The molecule has 0 saturated carbocycles. The number of hydrogen-bond donors (Lipinski definition) is 1. The highest BCUT2D eigenvalue weighted by molar-refractivity contribution is 5.94. The Kier molecular flexibility index (Phi) is 5.89. The van der Waals surface area contributed by atoms with Crippen LogP contribution in [0.15, 0.2) is 65.2 Å². The molecule has 0 spiro atoms. The molecule has 6 nitrogen and oxygen atoms in total. The molecule has 3 rings (SSSR count). The number of amides is 2. The van der Waals surface area contributed by atoms with E-state index in [4.69, 9.17) is 4.52 Å². The van der Waals surface area contributed by atoms with Gasteiger partial charge in [-0.3, -0.25) is 9.59 Å². The number of rotatable bonds is 6. The minimum absolute atomic E-state index is 0.0263. The van der Waals surface area contributed by atoms with Crippen molar-refractivity contribution in [3.8, 4) is 11.3 Å². The van der Waals surface area contributed by atoms with Crippen LogP contribution in [0, 0.1) is 0 Å². The van der Waals surface area contributed by atoms with Crippen molar-refractivity contribution in [1.29, 1.82) is 0 Å². The topological polar surface area (TPSA) is 75.4 Å². The zero-order chi connectivity index (χ0) is 20.1. The number of carbonyl (C=O) groups excluding carboxylic acids is 2. The van der Waals surface area contributed by atoms with E-state index in [-0.39, 0.29) is 23.6 Å². The van der Waals surface area contributed by atoms with Crippen LogP contribution in [-0.2, 0) is 6.54 Å². The number of benzene rings is 2. The van der Waals surface area contributed by atoms with Gasteiger partial charge in [0.2, 0.25) is 0 Å². The molecule has 3 aromatic rings. The molecular formula is C22H23N3O3. The predicted molar refractivity (Wildman–Crippen MR) is 107 cm³/mol. The van der Waals surface area contributed by atoms with Crippen LogP contribution < -0.4 is 5.32 Å². The minimum atomic E-state index is -0.314. The molecule has 0 aliphatic heterocycles. The van der Waals surface area contributed by atoms with Crippen molar-refractivity contribution in [1.82, 2.24) is 15.4 Å². The average Bonchev–Trinajstić information content (AvgIpc) is 3.22. The van der Waals surface area contributed by atoms with Gasteiger partial charge in [0, 0.05) is 36.8 Å². The van der Waals surface area contributed by atoms with Gasteiger partial charge in [-0.25, -0.2) is 0 Å². The summed E-state index contributed by atoms with van der Waals surface area (Å²) in [6.07, 6.45) is 0. The molecule has 0 aliphatic carbocycles. The highest BCUT2D eigenvalue weighted by atomic mass is 16.5. The predicted octanol–water partition coefficient (Wildman–Crippen LogP) is 3.75. The number of hydrogen-bond acceptors (Lipinski definition) is 4. The molecule has 28 heavy (non-hydrogen) atoms. The van der Waals surface area contributed by atoms with Crippen molar-refractivity contribution >= 4 is 11.8 Å². The minimum Gasteiger partial charge on any atom is -0.355 e. The lowest BCUT2D eigenvalue weighted by atomic mass is 10.1. The van der Waals surface area contributed by atoms with E-state index < -0.39 is 0 Å². The second-order valence-electron chi connectivity index (χ2n) is 6.83. The molecule has 0 saturated heterocycles. The molecule has 2 amide bonds. The van der Waals surface area contributed by atoms with Crippen LogP contribution in [-0.4, -0.2) is 35.0 Å². The Bertz CT molecular complexity index is 947. The summed E-state index contributed by atoms with van der Waals surface area (Å²) in [5.74, 6) is 0.204. The molecule has 0 radical (unpaired) electrons. The first-order valence-corrected chi connectivity index (χ1v) is 9.12. The SMILES string of the molecule is CC(C)N(C)C(=O)c1ccc(CNC(=O)c2cc(-c3ccccc3)on2)cc1. The van der Waals surface area contributed by atoms with E-state index in [0.29, 0.717) is 17.9 Å². The Morgan fingerprint density at radius 1 is 1.07 bits per heavy atom. The van der Waals surface area contributed by atoms with Gasteiger partial charge in [0.25, 0.3) is 11.8 Å². The van der Waals surface area contributed by atoms with E-state index in [0.717, 1.165) is 11.1 Å². The molecule has 0 aliphatic rings. The zero-order valence-electron chi connectivity index (χ0n) is 16.2. The first-order valence-electron chi connectivity index (χ1n) is 9.12. The van der Waals surface area contributed by atoms with E-state index in [1.165, 1.54) is 0 Å². The zero-order valence-corrected chi connectivity index (χ0v) is 16.2. The van der Waals surface area contributed by atoms with E-state index in [2.05, 4.69) is 10.5 Å². The van der Waals surface area contributed by atoms with E-state index in [1.807, 2.05) is 56.3 Å². The molecule has 0 bridgehead atoms. The molecule has 1 aromatic heterocycles. The lowest BCUT2D eigenvalue weighted by Crippen LogP contribution is -2.32. The summed E-state index contributed by atoms with van der Waals surface area (Å²) < 4.78 is 5.25. The van der Waals surface area contributed by atoms with Crippen LogP contribution in [0.1, 0.15) is 40.3 Å². The van der Waals surface area contributed by atoms with Gasteiger partial charge in [0.1, 0.15) is 0 Å². The largest absolute Gasteiger partial charge is 0.355 e. The fraction of sp³-hybridized carbons (Fsp3) is 0.227. The average molecular weight is 377 g/mol. The first kappa shape index (κ1) is 19.4. The molecule has 144 valence electrons. The summed E-state index contributed by atoms with van der Waals surface area (Å²) in [7, 11) is 1.78. The van der Waals surface area contributed by atoms with Crippen LogP contribution in [0.3, 0.4) is 0 Å². The smallest absolute Gasteiger partial charge is 0.273 e. The van der Waals surface area contributed by atoms with Gasteiger partial charge in [0.15, 0.2) is 11.5 Å². The molecular weight excluding hydrogens is 354 g/mol. The Morgan fingerprint density at radius 3 is 2.39 bits per heavy atom. The van der Waals surface area contributed by atoms with Crippen LogP contribution in [0.2, 0.25) is 0 Å². The van der Waals surface area contributed by atoms with Crippen molar-refractivity contribution < 1.29 is 14.1 Å². The van der Waals surface area contributed by atoms with E-state index in [1.54, 1.807) is 30.1 Å². The monoisotopic (exact) mass is 377 g/mol. The van der Waals surface area contributed by atoms with Crippen LogP contribution in [0.4, 0.5) is 0 Å². The summed E-state index contributed by atoms with van der Waals surface area (Å²) in [5.41, 5.74) is 2.60. The second kappa shape index (κ2) is 8.52. The summed E-state index contributed by atoms with van der Waals surface area (Å²) in [4.78, 5) is 26.3. The maximum atomic E-state index is 12.3. The molecule has 0 fully saturated rings. The van der Waals surface area contributed by atoms with Crippen LogP contribution >= 0.6 is 0 Å². The third-order valence-electron chi connectivity index (χ3n) is 4.55. The third kappa shape index (κ3) is 4.46. The van der Waals surface area contributed by atoms with Crippen molar-refractivity contribution in [2.24, 2.45) is 0 Å². The first-order chi connectivity index (χ1) is 13.5. The van der Waals surface area contributed by atoms with Gasteiger partial charge in [-0.05, 0) is 31.5 Å². The second-order valence-corrected chi connectivity index (χ2v) is 6.83. The Balaban J connectivity index is 1.59. The standard InChI is InChI=1S/C22H23N3O3/c1-15(2)25(3)22(27)18-11-9-16(10-12-18)14-23-21(26)19-13-20(28-24-19)17-7-5-4-6-8-17/h4-13,15H,14H2,1-3H3,(H,23,26). The lowest BCUT2D eigenvalue weighted by molar-refractivity contribution is 0.0754. The van der Waals surface area contributed by atoms with E-state index >= 15 is 0 Å². The number of carbonyl (C=O) groups is 2. The van der Waals surface area contributed by atoms with Gasteiger partial charge >= 0.3 is 0 Å². The van der Waals surface area contributed by atoms with Crippen molar-refractivity contribution in [3.05, 3.63) is 77.5 Å². The summed E-state index contributed by atoms with van der Waals surface area (Å²) >= 11 is 0. The molecule has 1 heterocycles. The van der Waals surface area contributed by atoms with Gasteiger partial charge in [-0.1, -0.05) is 47.6 Å². The fourth-order valence-electron chi connectivity index (χ4n) is 2.60. The summed E-state index contributed by atoms with van der Waals surface area (Å²) in [5, 5.41) is 6.65. The molecule has 1 N–H and O–H groups in total. The molecule has 2 aromatic carbocycles. The summed E-state index contributed by atoms with van der Waals surface area (Å²) in [6.45, 7) is 4.27. The molecule has 0 atom stereocenters. The Hall–Kier alpha value is -3.41. The Labute approximate surface area is 164 Å². The van der Waals surface area contributed by atoms with E-state index in [9.17, 15) is 9.59 Å².